The third-order valence-corrected chi connectivity index (χ3v) is 2.57. The van der Waals surface area contributed by atoms with E-state index in [0.29, 0.717) is 0 Å². The lowest BCUT2D eigenvalue weighted by Gasteiger charge is -2.02. The fourth-order valence-electron chi connectivity index (χ4n) is 1.82. The molecular weight excluding hydrogens is 256 g/mol. The van der Waals surface area contributed by atoms with Crippen molar-refractivity contribution in [1.29, 1.82) is 0 Å². The Balaban J connectivity index is 0.000000598. The Kier molecular flexibility index (Phi) is 9.78. The highest BCUT2D eigenvalue weighted by molar-refractivity contribution is 6.02. The second-order valence-electron chi connectivity index (χ2n) is 3.67. The summed E-state index contributed by atoms with van der Waals surface area (Å²) in [6, 6.07) is 12.3. The van der Waals surface area contributed by atoms with Gasteiger partial charge in [-0.2, -0.15) is 0 Å². The zero-order valence-electron chi connectivity index (χ0n) is 14.4. The summed E-state index contributed by atoms with van der Waals surface area (Å²) in [6.45, 7) is 14.0. The quantitative estimate of drug-likeness (QED) is 0.461. The first-order valence-electron chi connectivity index (χ1n) is 7.96. The summed E-state index contributed by atoms with van der Waals surface area (Å²) >= 11 is 0. The second kappa shape index (κ2) is 10.8. The number of pyridine rings is 2. The second-order valence-corrected chi connectivity index (χ2v) is 3.67. The zero-order valence-corrected chi connectivity index (χ0v) is 14.4. The van der Waals surface area contributed by atoms with Gasteiger partial charge in [-0.15, -0.1) is 0 Å². The minimum Gasteiger partial charge on any atom is -0.254 e. The molecule has 0 aliphatic carbocycles. The van der Waals surface area contributed by atoms with Crippen LogP contribution in [0.3, 0.4) is 0 Å². The van der Waals surface area contributed by atoms with Crippen LogP contribution in [0, 0.1) is 6.92 Å². The Morgan fingerprint density at radius 3 is 1.81 bits per heavy atom. The first-order valence-corrected chi connectivity index (χ1v) is 7.96. The summed E-state index contributed by atoms with van der Waals surface area (Å²) in [5, 5.41) is 2.29. The lowest BCUT2D eigenvalue weighted by Crippen LogP contribution is -1.86. The van der Waals surface area contributed by atoms with Crippen molar-refractivity contribution in [3.05, 3.63) is 48.3 Å². The number of aromatic nitrogens is 2. The van der Waals surface area contributed by atoms with Crippen molar-refractivity contribution >= 4 is 21.8 Å². The highest BCUT2D eigenvalue weighted by Gasteiger charge is 2.01. The fourth-order valence-corrected chi connectivity index (χ4v) is 1.82. The predicted octanol–water partition coefficient (Wildman–Crippen LogP) is 6.17. The lowest BCUT2D eigenvalue weighted by atomic mass is 10.1. The van der Waals surface area contributed by atoms with Crippen molar-refractivity contribution in [3.8, 4) is 0 Å². The number of hydrogen-bond acceptors (Lipinski definition) is 2. The van der Waals surface area contributed by atoms with Gasteiger partial charge in [-0.3, -0.25) is 9.97 Å². The van der Waals surface area contributed by atoms with Gasteiger partial charge in [-0.25, -0.2) is 0 Å². The van der Waals surface area contributed by atoms with Gasteiger partial charge in [0.2, 0.25) is 0 Å². The number of benzene rings is 1. The van der Waals surface area contributed by atoms with E-state index in [2.05, 4.69) is 34.2 Å². The van der Waals surface area contributed by atoms with Gasteiger partial charge in [0.25, 0.3) is 0 Å². The van der Waals surface area contributed by atoms with Gasteiger partial charge in [-0.05, 0) is 19.1 Å². The average Bonchev–Trinajstić information content (AvgIpc) is 2.60. The van der Waals surface area contributed by atoms with Crippen LogP contribution in [0.5, 0.6) is 0 Å². The molecule has 0 saturated carbocycles. The third kappa shape index (κ3) is 4.82. The summed E-state index contributed by atoms with van der Waals surface area (Å²) in [4.78, 5) is 8.93. The molecule has 0 unspecified atom stereocenters. The summed E-state index contributed by atoms with van der Waals surface area (Å²) in [5.41, 5.74) is 3.01. The number of hydrogen-bond donors (Lipinski definition) is 0. The van der Waals surface area contributed by atoms with Crippen molar-refractivity contribution in [2.45, 2.75) is 48.5 Å². The molecule has 3 rings (SSSR count). The molecule has 3 aromatic rings. The van der Waals surface area contributed by atoms with Crippen LogP contribution >= 0.6 is 0 Å². The molecule has 0 saturated heterocycles. The SMILES string of the molecule is CC.CC.CC.Cc1ccc2ccc3cccnc3c2n1. The maximum atomic E-state index is 4.54. The van der Waals surface area contributed by atoms with Crippen molar-refractivity contribution in [2.75, 3.05) is 0 Å². The molecule has 0 N–H and O–H groups in total. The molecule has 2 nitrogen and oxygen atoms in total. The molecule has 114 valence electrons. The van der Waals surface area contributed by atoms with E-state index in [0.717, 1.165) is 27.5 Å². The van der Waals surface area contributed by atoms with E-state index in [1.807, 2.05) is 66.8 Å². The molecular formula is C19H28N2. The zero-order chi connectivity index (χ0) is 16.3. The Morgan fingerprint density at radius 2 is 1.19 bits per heavy atom. The van der Waals surface area contributed by atoms with Crippen LogP contribution in [0.2, 0.25) is 0 Å². The van der Waals surface area contributed by atoms with E-state index < -0.39 is 0 Å². The Hall–Kier alpha value is -1.96. The van der Waals surface area contributed by atoms with Gasteiger partial charge in [0.15, 0.2) is 0 Å². The number of nitrogens with zero attached hydrogens (tertiary/aromatic N) is 2. The first kappa shape index (κ1) is 19.0. The van der Waals surface area contributed by atoms with E-state index in [4.69, 9.17) is 0 Å². The van der Waals surface area contributed by atoms with Crippen molar-refractivity contribution in [3.63, 3.8) is 0 Å². The van der Waals surface area contributed by atoms with E-state index in [1.165, 1.54) is 0 Å². The Labute approximate surface area is 129 Å². The minimum atomic E-state index is 0.985. The summed E-state index contributed by atoms with van der Waals surface area (Å²) in [5.74, 6) is 0. The van der Waals surface area contributed by atoms with Gasteiger partial charge < -0.3 is 0 Å². The normalized spacial score (nSPS) is 8.71. The van der Waals surface area contributed by atoms with Gasteiger partial charge in [0.1, 0.15) is 0 Å². The lowest BCUT2D eigenvalue weighted by molar-refractivity contribution is 1.25. The maximum absolute atomic E-state index is 4.54. The van der Waals surface area contributed by atoms with Gasteiger partial charge in [0, 0.05) is 22.7 Å². The standard InChI is InChI=1S/C13H10N2.3C2H6/c1-9-4-5-11-7-6-10-3-2-8-14-12(10)13(11)15-9;3*1-2/h2-8H,1H3;3*1-2H3. The van der Waals surface area contributed by atoms with Gasteiger partial charge in [-0.1, -0.05) is 65.8 Å². The molecule has 0 aliphatic rings. The van der Waals surface area contributed by atoms with E-state index >= 15 is 0 Å². The van der Waals surface area contributed by atoms with Crippen LogP contribution in [0.4, 0.5) is 0 Å². The topological polar surface area (TPSA) is 25.8 Å². The molecule has 0 fully saturated rings. The highest BCUT2D eigenvalue weighted by Crippen LogP contribution is 2.21. The van der Waals surface area contributed by atoms with Crippen molar-refractivity contribution in [2.24, 2.45) is 0 Å². The smallest absolute Gasteiger partial charge is 0.0967 e. The molecule has 0 spiro atoms. The van der Waals surface area contributed by atoms with Crippen LogP contribution in [-0.2, 0) is 0 Å². The molecule has 0 amide bonds. The molecule has 2 heteroatoms. The van der Waals surface area contributed by atoms with Crippen LogP contribution in [0.15, 0.2) is 42.6 Å². The molecule has 0 aliphatic heterocycles. The number of fused-ring (bicyclic) bond motifs is 3. The van der Waals surface area contributed by atoms with Crippen LogP contribution in [0.25, 0.3) is 21.8 Å². The summed E-state index contributed by atoms with van der Waals surface area (Å²) < 4.78 is 0. The van der Waals surface area contributed by atoms with Crippen LogP contribution < -0.4 is 0 Å². The van der Waals surface area contributed by atoms with E-state index in [-0.39, 0.29) is 0 Å². The number of rotatable bonds is 0. The largest absolute Gasteiger partial charge is 0.254 e. The fraction of sp³-hybridized carbons (Fsp3) is 0.368. The molecule has 2 aromatic heterocycles. The molecule has 21 heavy (non-hydrogen) atoms. The van der Waals surface area contributed by atoms with Crippen LogP contribution in [0.1, 0.15) is 47.2 Å². The summed E-state index contributed by atoms with van der Waals surface area (Å²) in [6.07, 6.45) is 1.81. The maximum Gasteiger partial charge on any atom is 0.0967 e. The van der Waals surface area contributed by atoms with Crippen molar-refractivity contribution < 1.29 is 0 Å². The number of aryl methyl sites for hydroxylation is 1. The van der Waals surface area contributed by atoms with Crippen LogP contribution in [-0.4, -0.2) is 9.97 Å². The van der Waals surface area contributed by atoms with Gasteiger partial charge >= 0.3 is 0 Å². The third-order valence-electron chi connectivity index (χ3n) is 2.57. The monoisotopic (exact) mass is 284 g/mol. The highest BCUT2D eigenvalue weighted by atomic mass is 14.7. The van der Waals surface area contributed by atoms with Gasteiger partial charge in [0.05, 0.1) is 11.0 Å². The Bertz CT molecular complexity index is 645. The van der Waals surface area contributed by atoms with Crippen molar-refractivity contribution in [1.82, 2.24) is 9.97 Å². The predicted molar refractivity (Wildman–Crippen MR) is 95.8 cm³/mol. The van der Waals surface area contributed by atoms with E-state index in [9.17, 15) is 0 Å². The molecule has 0 atom stereocenters. The average molecular weight is 284 g/mol. The molecule has 0 radical (unpaired) electrons. The first-order chi connectivity index (χ1) is 10.3. The minimum absolute atomic E-state index is 0.985. The molecule has 0 bridgehead atoms. The summed E-state index contributed by atoms with van der Waals surface area (Å²) in [7, 11) is 0. The molecule has 2 heterocycles. The molecule has 1 aromatic carbocycles. The Morgan fingerprint density at radius 1 is 0.667 bits per heavy atom. The van der Waals surface area contributed by atoms with E-state index in [1.54, 1.807) is 0 Å².